The van der Waals surface area contributed by atoms with Gasteiger partial charge in [-0.15, -0.1) is 0 Å². The van der Waals surface area contributed by atoms with Crippen molar-refractivity contribution in [1.29, 1.82) is 0 Å². The Kier molecular flexibility index (Phi) is 2.78. The minimum Gasteiger partial charge on any atom is -0.305 e. The molecule has 4 nitrogen and oxygen atoms in total. The Bertz CT molecular complexity index is 321. The second-order valence-corrected chi connectivity index (χ2v) is 5.45. The molecule has 1 saturated heterocycles. The lowest BCUT2D eigenvalue weighted by atomic mass is 9.92. The van der Waals surface area contributed by atoms with Crippen LogP contribution in [0.5, 0.6) is 0 Å². The monoisotopic (exact) mass is 224 g/mol. The maximum atomic E-state index is 11.7. The summed E-state index contributed by atoms with van der Waals surface area (Å²) in [6, 6.07) is -0.284. The molecule has 0 bridgehead atoms. The van der Waals surface area contributed by atoms with Crippen LogP contribution < -0.4 is 5.32 Å². The number of carbonyl (C=O) groups excluding carboxylic acids is 2. The van der Waals surface area contributed by atoms with Crippen molar-refractivity contribution < 1.29 is 9.59 Å². The molecule has 1 unspecified atom stereocenters. The van der Waals surface area contributed by atoms with E-state index in [1.807, 2.05) is 0 Å². The number of likely N-dealkylation sites (tertiary alicyclic amines) is 1. The average Bonchev–Trinajstić information content (AvgIpc) is 2.98. The van der Waals surface area contributed by atoms with Gasteiger partial charge < -0.3 is 5.32 Å². The Morgan fingerprint density at radius 1 is 1.44 bits per heavy atom. The lowest BCUT2D eigenvalue weighted by Gasteiger charge is -2.21. The van der Waals surface area contributed by atoms with Crippen LogP contribution in [0.2, 0.25) is 0 Å². The zero-order chi connectivity index (χ0) is 11.9. The highest BCUT2D eigenvalue weighted by molar-refractivity contribution is 6.05. The molecule has 16 heavy (non-hydrogen) atoms. The van der Waals surface area contributed by atoms with E-state index >= 15 is 0 Å². The molecule has 1 N–H and O–H groups in total. The van der Waals surface area contributed by atoms with Crippen LogP contribution in [0.3, 0.4) is 0 Å². The van der Waals surface area contributed by atoms with Gasteiger partial charge in [-0.3, -0.25) is 14.5 Å². The molecule has 1 saturated carbocycles. The highest BCUT2D eigenvalue weighted by Crippen LogP contribution is 2.51. The van der Waals surface area contributed by atoms with Gasteiger partial charge in [0.1, 0.15) is 0 Å². The third kappa shape index (κ3) is 1.86. The van der Waals surface area contributed by atoms with Crippen molar-refractivity contribution in [1.82, 2.24) is 10.2 Å². The van der Waals surface area contributed by atoms with E-state index < -0.39 is 0 Å². The molecule has 0 aromatic rings. The molecule has 1 aliphatic carbocycles. The predicted octanol–water partition coefficient (Wildman–Crippen LogP) is 0.769. The summed E-state index contributed by atoms with van der Waals surface area (Å²) in [4.78, 5) is 24.2. The van der Waals surface area contributed by atoms with Crippen molar-refractivity contribution in [3.05, 3.63) is 0 Å². The fourth-order valence-electron chi connectivity index (χ4n) is 2.36. The van der Waals surface area contributed by atoms with Crippen molar-refractivity contribution in [2.75, 3.05) is 13.6 Å². The molecule has 0 aromatic heterocycles. The summed E-state index contributed by atoms with van der Waals surface area (Å²) in [5, 5.41) is 3.26. The first-order chi connectivity index (χ1) is 7.46. The van der Waals surface area contributed by atoms with Gasteiger partial charge in [0, 0.05) is 13.6 Å². The van der Waals surface area contributed by atoms with Crippen molar-refractivity contribution in [2.45, 2.75) is 39.2 Å². The van der Waals surface area contributed by atoms with Gasteiger partial charge in [-0.05, 0) is 24.2 Å². The molecule has 2 rings (SSSR count). The number of carbonyl (C=O) groups is 2. The molecule has 4 heteroatoms. The van der Waals surface area contributed by atoms with Gasteiger partial charge in [0.05, 0.1) is 12.5 Å². The van der Waals surface area contributed by atoms with Gasteiger partial charge in [0.2, 0.25) is 11.8 Å². The zero-order valence-electron chi connectivity index (χ0n) is 10.2. The third-order valence-corrected chi connectivity index (χ3v) is 4.20. The topological polar surface area (TPSA) is 49.4 Å². The Hall–Kier alpha value is -0.900. The maximum Gasteiger partial charge on any atom is 0.246 e. The molecule has 0 aromatic carbocycles. The van der Waals surface area contributed by atoms with Crippen molar-refractivity contribution in [3.63, 3.8) is 0 Å². The minimum atomic E-state index is -0.284. The van der Waals surface area contributed by atoms with Gasteiger partial charge in [0.25, 0.3) is 0 Å². The van der Waals surface area contributed by atoms with Crippen molar-refractivity contribution in [3.8, 4) is 0 Å². The summed E-state index contributed by atoms with van der Waals surface area (Å²) >= 11 is 0. The molecule has 2 amide bonds. The molecule has 0 radical (unpaired) electrons. The number of nitrogens with one attached hydrogen (secondary N) is 1. The maximum absolute atomic E-state index is 11.7. The number of hydrogen-bond acceptors (Lipinski definition) is 3. The molecule has 1 heterocycles. The second-order valence-electron chi connectivity index (χ2n) is 5.45. The first-order valence-corrected chi connectivity index (χ1v) is 6.00. The van der Waals surface area contributed by atoms with E-state index in [0.29, 0.717) is 17.8 Å². The quantitative estimate of drug-likeness (QED) is 0.718. The zero-order valence-corrected chi connectivity index (χ0v) is 10.2. The second kappa shape index (κ2) is 3.84. The number of nitrogens with zero attached hydrogens (tertiary/aromatic N) is 1. The van der Waals surface area contributed by atoms with E-state index in [9.17, 15) is 9.59 Å². The van der Waals surface area contributed by atoms with Gasteiger partial charge in [-0.25, -0.2) is 0 Å². The van der Waals surface area contributed by atoms with Gasteiger partial charge in [-0.2, -0.15) is 0 Å². The predicted molar refractivity (Wildman–Crippen MR) is 60.7 cm³/mol. The number of rotatable bonds is 4. The molecule has 0 spiro atoms. The largest absolute Gasteiger partial charge is 0.305 e. The molecular formula is C12H20N2O2. The van der Waals surface area contributed by atoms with Crippen LogP contribution in [-0.4, -0.2) is 36.3 Å². The minimum absolute atomic E-state index is 0.0723. The Morgan fingerprint density at radius 2 is 2.06 bits per heavy atom. The summed E-state index contributed by atoms with van der Waals surface area (Å²) in [6.45, 7) is 5.31. The lowest BCUT2D eigenvalue weighted by Crippen LogP contribution is -2.40. The Morgan fingerprint density at radius 3 is 2.44 bits per heavy atom. The van der Waals surface area contributed by atoms with E-state index in [2.05, 4.69) is 19.2 Å². The van der Waals surface area contributed by atoms with Crippen LogP contribution >= 0.6 is 0 Å². The number of amides is 2. The summed E-state index contributed by atoms with van der Waals surface area (Å²) < 4.78 is 0. The highest BCUT2D eigenvalue weighted by atomic mass is 16.2. The van der Waals surface area contributed by atoms with E-state index in [0.717, 1.165) is 6.54 Å². The van der Waals surface area contributed by atoms with Crippen LogP contribution in [0.15, 0.2) is 0 Å². The molecule has 2 fully saturated rings. The van der Waals surface area contributed by atoms with Gasteiger partial charge in [0.15, 0.2) is 0 Å². The van der Waals surface area contributed by atoms with Gasteiger partial charge in [-0.1, -0.05) is 13.8 Å². The molecule has 2 aliphatic rings. The first-order valence-electron chi connectivity index (χ1n) is 6.00. The molecular weight excluding hydrogens is 204 g/mol. The van der Waals surface area contributed by atoms with Crippen molar-refractivity contribution in [2.24, 2.45) is 11.3 Å². The lowest BCUT2D eigenvalue weighted by molar-refractivity contribution is -0.137. The van der Waals surface area contributed by atoms with Crippen LogP contribution in [-0.2, 0) is 9.59 Å². The van der Waals surface area contributed by atoms with Gasteiger partial charge >= 0.3 is 0 Å². The Labute approximate surface area is 96.4 Å². The van der Waals surface area contributed by atoms with E-state index in [1.165, 1.54) is 17.7 Å². The van der Waals surface area contributed by atoms with E-state index in [1.54, 1.807) is 7.05 Å². The SMILES string of the molecule is CC(C)C1(CNC2CC(=O)N(C)C2=O)CC1. The van der Waals surface area contributed by atoms with Crippen LogP contribution in [0.25, 0.3) is 0 Å². The van der Waals surface area contributed by atoms with Crippen LogP contribution in [0, 0.1) is 11.3 Å². The molecule has 90 valence electrons. The van der Waals surface area contributed by atoms with E-state index in [-0.39, 0.29) is 17.9 Å². The highest BCUT2D eigenvalue weighted by Gasteiger charge is 2.46. The normalized spacial score (nSPS) is 28.0. The smallest absolute Gasteiger partial charge is 0.246 e. The fourth-order valence-corrected chi connectivity index (χ4v) is 2.36. The fraction of sp³-hybridized carbons (Fsp3) is 0.833. The third-order valence-electron chi connectivity index (χ3n) is 4.20. The summed E-state index contributed by atoms with van der Waals surface area (Å²) in [6.07, 6.45) is 2.80. The summed E-state index contributed by atoms with van der Waals surface area (Å²) in [5.74, 6) is 0.492. The number of imide groups is 1. The number of likely N-dealkylation sites (N-methyl/N-ethyl adjacent to an activating group) is 1. The number of hydrogen-bond donors (Lipinski definition) is 1. The molecule has 1 atom stereocenters. The average molecular weight is 224 g/mol. The summed E-state index contributed by atoms with van der Waals surface area (Å²) in [5.41, 5.74) is 0.379. The first kappa shape index (κ1) is 11.6. The van der Waals surface area contributed by atoms with Crippen LogP contribution in [0.4, 0.5) is 0 Å². The Balaban J connectivity index is 1.88. The van der Waals surface area contributed by atoms with Crippen molar-refractivity contribution >= 4 is 11.8 Å². The van der Waals surface area contributed by atoms with E-state index in [4.69, 9.17) is 0 Å². The summed E-state index contributed by atoms with van der Waals surface area (Å²) in [7, 11) is 1.56. The molecule has 1 aliphatic heterocycles. The standard InChI is InChI=1S/C12H20N2O2/c1-8(2)12(4-5-12)7-13-9-6-10(15)14(3)11(9)16/h8-9,13H,4-7H2,1-3H3. The van der Waals surface area contributed by atoms with Crippen LogP contribution in [0.1, 0.15) is 33.1 Å².